The molecule has 0 aliphatic rings. The minimum absolute atomic E-state index is 0.335. The van der Waals surface area contributed by atoms with Crippen LogP contribution in [0.3, 0.4) is 0 Å². The highest BCUT2D eigenvalue weighted by Crippen LogP contribution is 2.32. The summed E-state index contributed by atoms with van der Waals surface area (Å²) in [4.78, 5) is 5.97. The highest BCUT2D eigenvalue weighted by Gasteiger charge is 2.14. The molecule has 1 aromatic heterocycles. The van der Waals surface area contributed by atoms with Gasteiger partial charge >= 0.3 is 0 Å². The zero-order chi connectivity index (χ0) is 13.8. The maximum Gasteiger partial charge on any atom is 0.124 e. The lowest BCUT2D eigenvalue weighted by Gasteiger charge is -2.07. The van der Waals surface area contributed by atoms with Crippen LogP contribution in [0.4, 0.5) is 0 Å². The summed E-state index contributed by atoms with van der Waals surface area (Å²) in [7, 11) is 1.97. The summed E-state index contributed by atoms with van der Waals surface area (Å²) in [5.74, 6) is 0.899. The molecule has 0 aliphatic carbocycles. The first-order valence-electron chi connectivity index (χ1n) is 6.53. The second kappa shape index (κ2) is 6.17. The van der Waals surface area contributed by atoms with E-state index in [0.717, 1.165) is 22.0 Å². The van der Waals surface area contributed by atoms with Gasteiger partial charge in [-0.05, 0) is 40.0 Å². The molecular weight excluding hydrogens is 256 g/mol. The fourth-order valence-electron chi connectivity index (χ4n) is 1.95. The number of nitrogens with zero attached hydrogens (tertiary/aromatic N) is 1. The second-order valence-corrected chi connectivity index (χ2v) is 5.47. The SMILES string of the molecule is CCOc1cccc(-c2nc(C)c(C(C)NC)s2)c1. The van der Waals surface area contributed by atoms with Crippen molar-refractivity contribution in [2.45, 2.75) is 26.8 Å². The van der Waals surface area contributed by atoms with Crippen molar-refractivity contribution < 1.29 is 4.74 Å². The topological polar surface area (TPSA) is 34.1 Å². The normalized spacial score (nSPS) is 12.4. The highest BCUT2D eigenvalue weighted by molar-refractivity contribution is 7.15. The lowest BCUT2D eigenvalue weighted by molar-refractivity contribution is 0.340. The third-order valence-corrected chi connectivity index (χ3v) is 4.44. The summed E-state index contributed by atoms with van der Waals surface area (Å²) < 4.78 is 5.54. The smallest absolute Gasteiger partial charge is 0.124 e. The zero-order valence-corrected chi connectivity index (χ0v) is 12.7. The summed E-state index contributed by atoms with van der Waals surface area (Å²) >= 11 is 1.74. The van der Waals surface area contributed by atoms with Gasteiger partial charge in [0.1, 0.15) is 10.8 Å². The van der Waals surface area contributed by atoms with E-state index in [1.807, 2.05) is 26.1 Å². The molecule has 19 heavy (non-hydrogen) atoms. The van der Waals surface area contributed by atoms with E-state index in [0.29, 0.717) is 12.6 Å². The molecule has 102 valence electrons. The standard InChI is InChI=1S/C15H20N2OS/c1-5-18-13-8-6-7-12(9-13)15-17-11(3)14(19-15)10(2)16-4/h6-10,16H,5H2,1-4H3. The third-order valence-electron chi connectivity index (χ3n) is 3.05. The summed E-state index contributed by atoms with van der Waals surface area (Å²) in [6, 6.07) is 8.45. The van der Waals surface area contributed by atoms with Crippen LogP contribution in [0.15, 0.2) is 24.3 Å². The largest absolute Gasteiger partial charge is 0.494 e. The quantitative estimate of drug-likeness (QED) is 0.902. The minimum atomic E-state index is 0.335. The molecule has 0 saturated heterocycles. The zero-order valence-electron chi connectivity index (χ0n) is 11.9. The molecule has 1 unspecified atom stereocenters. The molecule has 0 aliphatic heterocycles. The number of thiazole rings is 1. The van der Waals surface area contributed by atoms with Gasteiger partial charge in [-0.3, -0.25) is 0 Å². The van der Waals surface area contributed by atoms with E-state index < -0.39 is 0 Å². The Morgan fingerprint density at radius 1 is 1.42 bits per heavy atom. The first-order chi connectivity index (χ1) is 9.15. The Morgan fingerprint density at radius 3 is 2.89 bits per heavy atom. The van der Waals surface area contributed by atoms with E-state index in [4.69, 9.17) is 4.74 Å². The van der Waals surface area contributed by atoms with Crippen LogP contribution in [0.1, 0.15) is 30.5 Å². The van der Waals surface area contributed by atoms with Gasteiger partial charge < -0.3 is 10.1 Å². The predicted octanol–water partition coefficient (Wildman–Crippen LogP) is 3.80. The molecule has 1 atom stereocenters. The van der Waals surface area contributed by atoms with Crippen molar-refractivity contribution in [1.82, 2.24) is 10.3 Å². The number of aromatic nitrogens is 1. The van der Waals surface area contributed by atoms with E-state index in [9.17, 15) is 0 Å². The summed E-state index contributed by atoms with van der Waals surface area (Å²) in [6.07, 6.45) is 0. The number of benzene rings is 1. The molecule has 0 spiro atoms. The molecule has 1 heterocycles. The molecular formula is C15H20N2OS. The summed E-state index contributed by atoms with van der Waals surface area (Å²) in [5.41, 5.74) is 2.22. The molecule has 0 saturated carbocycles. The van der Waals surface area contributed by atoms with Crippen molar-refractivity contribution >= 4 is 11.3 Å². The highest BCUT2D eigenvalue weighted by atomic mass is 32.1. The molecule has 0 fully saturated rings. The fourth-order valence-corrected chi connectivity index (χ4v) is 3.07. The Kier molecular flexibility index (Phi) is 4.56. The van der Waals surface area contributed by atoms with Gasteiger partial charge in [-0.15, -0.1) is 11.3 Å². The average Bonchev–Trinajstić information content (AvgIpc) is 2.81. The number of nitrogens with one attached hydrogen (secondary N) is 1. The van der Waals surface area contributed by atoms with Crippen molar-refractivity contribution in [2.24, 2.45) is 0 Å². The first-order valence-corrected chi connectivity index (χ1v) is 7.35. The van der Waals surface area contributed by atoms with Crippen molar-refractivity contribution in [2.75, 3.05) is 13.7 Å². The molecule has 3 nitrogen and oxygen atoms in total. The van der Waals surface area contributed by atoms with Crippen LogP contribution < -0.4 is 10.1 Å². The van der Waals surface area contributed by atoms with Crippen molar-refractivity contribution in [1.29, 1.82) is 0 Å². The predicted molar refractivity (Wildman–Crippen MR) is 80.9 cm³/mol. The number of hydrogen-bond donors (Lipinski definition) is 1. The monoisotopic (exact) mass is 276 g/mol. The number of hydrogen-bond acceptors (Lipinski definition) is 4. The van der Waals surface area contributed by atoms with E-state index in [-0.39, 0.29) is 0 Å². The molecule has 0 amide bonds. The van der Waals surface area contributed by atoms with Gasteiger partial charge in [-0.1, -0.05) is 12.1 Å². The molecule has 0 radical (unpaired) electrons. The van der Waals surface area contributed by atoms with Crippen LogP contribution in [-0.4, -0.2) is 18.6 Å². The van der Waals surface area contributed by atoms with Crippen LogP contribution in [0.25, 0.3) is 10.6 Å². The lowest BCUT2D eigenvalue weighted by atomic mass is 10.2. The molecule has 4 heteroatoms. The minimum Gasteiger partial charge on any atom is -0.494 e. The Labute approximate surface area is 118 Å². The average molecular weight is 276 g/mol. The Balaban J connectivity index is 2.34. The maximum atomic E-state index is 5.54. The van der Waals surface area contributed by atoms with Crippen LogP contribution in [0.2, 0.25) is 0 Å². The molecule has 0 bridgehead atoms. The Morgan fingerprint density at radius 2 is 2.21 bits per heavy atom. The third kappa shape index (κ3) is 3.14. The molecule has 2 aromatic rings. The van der Waals surface area contributed by atoms with Gasteiger partial charge in [0.05, 0.1) is 12.3 Å². The molecule has 2 rings (SSSR count). The molecule has 1 N–H and O–H groups in total. The fraction of sp³-hybridized carbons (Fsp3) is 0.400. The van der Waals surface area contributed by atoms with Gasteiger partial charge in [0, 0.05) is 16.5 Å². The van der Waals surface area contributed by atoms with Crippen LogP contribution >= 0.6 is 11.3 Å². The van der Waals surface area contributed by atoms with E-state index in [1.54, 1.807) is 11.3 Å². The van der Waals surface area contributed by atoms with Gasteiger partial charge in [-0.2, -0.15) is 0 Å². The van der Waals surface area contributed by atoms with Crippen LogP contribution in [-0.2, 0) is 0 Å². The number of ether oxygens (including phenoxy) is 1. The Hall–Kier alpha value is -1.39. The summed E-state index contributed by atoms with van der Waals surface area (Å²) in [5, 5.41) is 4.32. The summed E-state index contributed by atoms with van der Waals surface area (Å²) in [6.45, 7) is 6.89. The van der Waals surface area contributed by atoms with Gasteiger partial charge in [0.2, 0.25) is 0 Å². The van der Waals surface area contributed by atoms with Crippen molar-refractivity contribution in [3.8, 4) is 16.3 Å². The lowest BCUT2D eigenvalue weighted by Crippen LogP contribution is -2.11. The van der Waals surface area contributed by atoms with Gasteiger partial charge in [0.25, 0.3) is 0 Å². The number of rotatable bonds is 5. The van der Waals surface area contributed by atoms with E-state index >= 15 is 0 Å². The van der Waals surface area contributed by atoms with Crippen LogP contribution in [0.5, 0.6) is 5.75 Å². The van der Waals surface area contributed by atoms with Crippen molar-refractivity contribution in [3.63, 3.8) is 0 Å². The number of aryl methyl sites for hydroxylation is 1. The first kappa shape index (κ1) is 14.0. The van der Waals surface area contributed by atoms with Gasteiger partial charge in [-0.25, -0.2) is 4.98 Å². The Bertz CT molecular complexity index is 551. The maximum absolute atomic E-state index is 5.54. The molecule has 1 aromatic carbocycles. The van der Waals surface area contributed by atoms with E-state index in [2.05, 4.69) is 36.3 Å². The van der Waals surface area contributed by atoms with Gasteiger partial charge in [0.15, 0.2) is 0 Å². The van der Waals surface area contributed by atoms with Crippen molar-refractivity contribution in [3.05, 3.63) is 34.8 Å². The van der Waals surface area contributed by atoms with E-state index in [1.165, 1.54) is 4.88 Å². The van der Waals surface area contributed by atoms with Crippen LogP contribution in [0, 0.1) is 6.92 Å². The second-order valence-electron chi connectivity index (χ2n) is 4.44.